The lowest BCUT2D eigenvalue weighted by molar-refractivity contribution is -0.115. The molecule has 0 unspecified atom stereocenters. The van der Waals surface area contributed by atoms with Crippen molar-refractivity contribution in [1.29, 1.82) is 0 Å². The first kappa shape index (κ1) is 21.2. The number of ketones is 1. The van der Waals surface area contributed by atoms with Crippen LogP contribution < -0.4 is 5.32 Å². The number of nitrogens with zero attached hydrogens (tertiary/aromatic N) is 2. The van der Waals surface area contributed by atoms with Crippen LogP contribution in [0.1, 0.15) is 43.5 Å². The lowest BCUT2D eigenvalue weighted by Crippen LogP contribution is -2.30. The van der Waals surface area contributed by atoms with Gasteiger partial charge in [-0.2, -0.15) is 0 Å². The van der Waals surface area contributed by atoms with Crippen LogP contribution in [0, 0.1) is 0 Å². The summed E-state index contributed by atoms with van der Waals surface area (Å²) in [5.74, 6) is 0.138. The summed E-state index contributed by atoms with van der Waals surface area (Å²) >= 11 is 0. The number of rotatable bonds is 8. The van der Waals surface area contributed by atoms with Crippen molar-refractivity contribution in [2.75, 3.05) is 19.6 Å². The molecular weight excluding hydrogens is 358 g/mol. The normalized spacial score (nSPS) is 15.5. The molecule has 0 atom stereocenters. The Bertz CT molecular complexity index is 838. The van der Waals surface area contributed by atoms with E-state index in [1.165, 1.54) is 11.1 Å². The second-order valence-electron chi connectivity index (χ2n) is 7.83. The van der Waals surface area contributed by atoms with Crippen molar-refractivity contribution in [2.24, 2.45) is 0 Å². The predicted molar refractivity (Wildman–Crippen MR) is 120 cm³/mol. The van der Waals surface area contributed by atoms with Gasteiger partial charge in [-0.1, -0.05) is 56.3 Å². The molecule has 2 heterocycles. The molecule has 3 rings (SSSR count). The molecule has 0 aliphatic carbocycles. The van der Waals surface area contributed by atoms with Gasteiger partial charge in [0, 0.05) is 31.9 Å². The molecule has 0 amide bonds. The van der Waals surface area contributed by atoms with Crippen molar-refractivity contribution in [3.05, 3.63) is 77.6 Å². The van der Waals surface area contributed by atoms with Crippen molar-refractivity contribution in [1.82, 2.24) is 15.2 Å². The first-order chi connectivity index (χ1) is 14.1. The fourth-order valence-corrected chi connectivity index (χ4v) is 3.40. The molecule has 0 saturated carbocycles. The largest absolute Gasteiger partial charge is 0.309 e. The average Bonchev–Trinajstić information content (AvgIpc) is 2.97. The van der Waals surface area contributed by atoms with E-state index in [2.05, 4.69) is 59.4 Å². The third-order valence-electron chi connectivity index (χ3n) is 5.06. The molecular formula is C25H31N3O. The highest BCUT2D eigenvalue weighted by Gasteiger charge is 2.13. The maximum atomic E-state index is 12.4. The highest BCUT2D eigenvalue weighted by atomic mass is 16.1. The highest BCUT2D eigenvalue weighted by Crippen LogP contribution is 2.21. The number of hydrogen-bond acceptors (Lipinski definition) is 4. The summed E-state index contributed by atoms with van der Waals surface area (Å²) in [6, 6.07) is 15.0. The first-order valence-electron chi connectivity index (χ1n) is 10.5. The molecule has 1 aromatic heterocycles. The van der Waals surface area contributed by atoms with Gasteiger partial charge in [0.1, 0.15) is 0 Å². The van der Waals surface area contributed by atoms with Gasteiger partial charge in [-0.05, 0) is 47.8 Å². The molecule has 0 spiro atoms. The third-order valence-corrected chi connectivity index (χ3v) is 5.06. The van der Waals surface area contributed by atoms with Crippen LogP contribution in [-0.2, 0) is 11.3 Å². The maximum absolute atomic E-state index is 12.4. The minimum Gasteiger partial charge on any atom is -0.309 e. The van der Waals surface area contributed by atoms with Gasteiger partial charge < -0.3 is 5.32 Å². The van der Waals surface area contributed by atoms with E-state index in [9.17, 15) is 4.79 Å². The molecule has 0 bridgehead atoms. The molecule has 0 radical (unpaired) electrons. The van der Waals surface area contributed by atoms with Gasteiger partial charge in [0.05, 0.1) is 12.2 Å². The van der Waals surface area contributed by atoms with Crippen molar-refractivity contribution in [2.45, 2.75) is 39.3 Å². The van der Waals surface area contributed by atoms with E-state index in [0.29, 0.717) is 12.6 Å². The minimum absolute atomic E-state index is 0.138. The minimum atomic E-state index is 0.138. The number of carbonyl (C=O) groups excluding carboxylic acids is 1. The van der Waals surface area contributed by atoms with Crippen LogP contribution in [0.2, 0.25) is 0 Å². The van der Waals surface area contributed by atoms with E-state index in [0.717, 1.165) is 43.7 Å². The summed E-state index contributed by atoms with van der Waals surface area (Å²) in [7, 11) is 0. The lowest BCUT2D eigenvalue weighted by Gasteiger charge is -2.18. The van der Waals surface area contributed by atoms with Gasteiger partial charge in [-0.15, -0.1) is 0 Å². The summed E-state index contributed by atoms with van der Waals surface area (Å²) in [5, 5.41) is 3.35. The SMILES string of the molecule is CC(C)NCc1ccc(/C=C/C(=O)CN2CCC=C(c3ccccc3)CC2)cn1. The van der Waals surface area contributed by atoms with Crippen LogP contribution >= 0.6 is 0 Å². The Morgan fingerprint density at radius 1 is 1.17 bits per heavy atom. The van der Waals surface area contributed by atoms with E-state index in [1.54, 1.807) is 6.08 Å². The van der Waals surface area contributed by atoms with E-state index in [4.69, 9.17) is 0 Å². The number of nitrogens with one attached hydrogen (secondary N) is 1. The Morgan fingerprint density at radius 2 is 2.00 bits per heavy atom. The summed E-state index contributed by atoms with van der Waals surface area (Å²) in [6.45, 7) is 7.30. The summed E-state index contributed by atoms with van der Waals surface area (Å²) in [6.07, 6.45) is 9.65. The monoisotopic (exact) mass is 389 g/mol. The molecule has 1 aliphatic heterocycles. The third kappa shape index (κ3) is 7.08. The summed E-state index contributed by atoms with van der Waals surface area (Å²) < 4.78 is 0. The molecule has 0 fully saturated rings. The Hall–Kier alpha value is -2.56. The summed E-state index contributed by atoms with van der Waals surface area (Å²) in [5.41, 5.74) is 4.64. The van der Waals surface area contributed by atoms with E-state index in [-0.39, 0.29) is 5.78 Å². The highest BCUT2D eigenvalue weighted by molar-refractivity contribution is 5.95. The quantitative estimate of drug-likeness (QED) is 0.682. The van der Waals surface area contributed by atoms with Crippen LogP contribution in [0.5, 0.6) is 0 Å². The van der Waals surface area contributed by atoms with Crippen LogP contribution in [0.15, 0.2) is 60.8 Å². The molecule has 0 saturated heterocycles. The van der Waals surface area contributed by atoms with Crippen LogP contribution in [0.25, 0.3) is 11.6 Å². The molecule has 4 heteroatoms. The molecule has 1 aromatic carbocycles. The van der Waals surface area contributed by atoms with Crippen molar-refractivity contribution in [3.8, 4) is 0 Å². The molecule has 2 aromatic rings. The number of carbonyl (C=O) groups is 1. The standard InChI is InChI=1S/C25H31N3O/c1-20(2)26-18-24-12-10-21(17-27-24)11-13-25(29)19-28-15-6-9-23(14-16-28)22-7-4-3-5-8-22/h3-5,7-13,17,20,26H,6,14-16,18-19H2,1-2H3/b13-11+. The zero-order chi connectivity index (χ0) is 20.5. The fraction of sp³-hybridized carbons (Fsp3) is 0.360. The average molecular weight is 390 g/mol. The summed E-state index contributed by atoms with van der Waals surface area (Å²) in [4.78, 5) is 19.1. The molecule has 29 heavy (non-hydrogen) atoms. The van der Waals surface area contributed by atoms with Gasteiger partial charge in [-0.3, -0.25) is 14.7 Å². The van der Waals surface area contributed by atoms with E-state index < -0.39 is 0 Å². The molecule has 4 nitrogen and oxygen atoms in total. The van der Waals surface area contributed by atoms with Crippen molar-refractivity contribution < 1.29 is 4.79 Å². The van der Waals surface area contributed by atoms with E-state index in [1.807, 2.05) is 30.5 Å². The molecule has 1 N–H and O–H groups in total. The van der Waals surface area contributed by atoms with Gasteiger partial charge in [-0.25, -0.2) is 0 Å². The molecule has 1 aliphatic rings. The molecule has 152 valence electrons. The van der Waals surface area contributed by atoms with Gasteiger partial charge in [0.15, 0.2) is 5.78 Å². The Morgan fingerprint density at radius 3 is 2.72 bits per heavy atom. The Balaban J connectivity index is 1.47. The maximum Gasteiger partial charge on any atom is 0.169 e. The topological polar surface area (TPSA) is 45.2 Å². The van der Waals surface area contributed by atoms with Crippen molar-refractivity contribution in [3.63, 3.8) is 0 Å². The van der Waals surface area contributed by atoms with Gasteiger partial charge in [0.2, 0.25) is 0 Å². The number of pyridine rings is 1. The van der Waals surface area contributed by atoms with Crippen LogP contribution in [-0.4, -0.2) is 41.3 Å². The number of hydrogen-bond donors (Lipinski definition) is 1. The second kappa shape index (κ2) is 10.8. The number of benzene rings is 1. The second-order valence-corrected chi connectivity index (χ2v) is 7.83. The zero-order valence-electron chi connectivity index (χ0n) is 17.5. The number of aromatic nitrogens is 1. The lowest BCUT2D eigenvalue weighted by atomic mass is 10.0. The van der Waals surface area contributed by atoms with Crippen molar-refractivity contribution >= 4 is 17.4 Å². The Labute approximate surface area is 174 Å². The van der Waals surface area contributed by atoms with E-state index >= 15 is 0 Å². The zero-order valence-corrected chi connectivity index (χ0v) is 17.5. The van der Waals surface area contributed by atoms with Gasteiger partial charge >= 0.3 is 0 Å². The smallest absolute Gasteiger partial charge is 0.169 e. The predicted octanol–water partition coefficient (Wildman–Crippen LogP) is 4.34. The van der Waals surface area contributed by atoms with Crippen LogP contribution in [0.3, 0.4) is 0 Å². The van der Waals surface area contributed by atoms with Gasteiger partial charge in [0.25, 0.3) is 0 Å². The first-order valence-corrected chi connectivity index (χ1v) is 10.5. The van der Waals surface area contributed by atoms with Crippen LogP contribution in [0.4, 0.5) is 0 Å². The fourth-order valence-electron chi connectivity index (χ4n) is 3.40. The Kier molecular flexibility index (Phi) is 7.91.